The second kappa shape index (κ2) is 6.13. The lowest BCUT2D eigenvalue weighted by molar-refractivity contribution is 0.270. The Bertz CT molecular complexity index is 863. The van der Waals surface area contributed by atoms with Crippen LogP contribution in [0.1, 0.15) is 43.8 Å². The van der Waals surface area contributed by atoms with E-state index in [1.807, 2.05) is 6.20 Å². The first kappa shape index (κ1) is 14.9. The van der Waals surface area contributed by atoms with Crippen LogP contribution in [0.3, 0.4) is 0 Å². The molecule has 0 unspecified atom stereocenters. The van der Waals surface area contributed by atoms with Crippen LogP contribution in [0.4, 0.5) is 5.82 Å². The molecule has 1 aliphatic carbocycles. The van der Waals surface area contributed by atoms with Crippen molar-refractivity contribution >= 4 is 17.0 Å². The second-order valence-electron chi connectivity index (χ2n) is 7.32. The van der Waals surface area contributed by atoms with Gasteiger partial charge in [0.05, 0.1) is 6.33 Å². The largest absolute Gasteiger partial charge is 0.354 e. The zero-order chi connectivity index (χ0) is 16.6. The number of aromatic amines is 1. The molecule has 7 heteroatoms. The Morgan fingerprint density at radius 2 is 2.04 bits per heavy atom. The number of hydrogen-bond acceptors (Lipinski definition) is 5. The summed E-state index contributed by atoms with van der Waals surface area (Å²) in [4.78, 5) is 23.3. The summed E-state index contributed by atoms with van der Waals surface area (Å²) in [5.41, 5.74) is 1.67. The van der Waals surface area contributed by atoms with Crippen LogP contribution in [0, 0.1) is 5.92 Å². The first-order valence-electron chi connectivity index (χ1n) is 9.28. The lowest BCUT2D eigenvalue weighted by atomic mass is 9.85. The van der Waals surface area contributed by atoms with E-state index in [4.69, 9.17) is 4.98 Å². The number of piperidine rings is 1. The van der Waals surface area contributed by atoms with Gasteiger partial charge in [0.25, 0.3) is 0 Å². The van der Waals surface area contributed by atoms with Crippen LogP contribution < -0.4 is 4.90 Å². The fourth-order valence-corrected chi connectivity index (χ4v) is 4.16. The lowest BCUT2D eigenvalue weighted by Crippen LogP contribution is -2.36. The van der Waals surface area contributed by atoms with E-state index in [2.05, 4.69) is 35.6 Å². The van der Waals surface area contributed by atoms with Crippen LogP contribution in [0.5, 0.6) is 0 Å². The molecule has 0 amide bonds. The van der Waals surface area contributed by atoms with Gasteiger partial charge < -0.3 is 14.5 Å². The predicted octanol–water partition coefficient (Wildman–Crippen LogP) is 2.73. The highest BCUT2D eigenvalue weighted by Gasteiger charge is 2.28. The zero-order valence-corrected chi connectivity index (χ0v) is 14.3. The van der Waals surface area contributed by atoms with Gasteiger partial charge in [-0.1, -0.05) is 6.42 Å². The molecule has 7 nitrogen and oxygen atoms in total. The Labute approximate surface area is 146 Å². The van der Waals surface area contributed by atoms with Crippen molar-refractivity contribution in [2.75, 3.05) is 18.0 Å². The molecule has 2 fully saturated rings. The van der Waals surface area contributed by atoms with E-state index in [1.54, 1.807) is 12.7 Å². The van der Waals surface area contributed by atoms with Gasteiger partial charge in [0.15, 0.2) is 11.5 Å². The summed E-state index contributed by atoms with van der Waals surface area (Å²) in [6.07, 6.45) is 13.9. The maximum atomic E-state index is 4.72. The van der Waals surface area contributed by atoms with E-state index < -0.39 is 0 Å². The fourth-order valence-electron chi connectivity index (χ4n) is 4.16. The standard InChI is InChI=1S/C18H23N7/c1-3-13(4-1)9-25-8-6-19-17(25)14-5-2-7-24(10-14)18-15-16(21-11-20-15)22-12-23-18/h6,8,11-14H,1-5,7,9-10H2,(H,20,21,22,23)/t14-/m0/s1. The summed E-state index contributed by atoms with van der Waals surface area (Å²) in [6, 6.07) is 0. The predicted molar refractivity (Wildman–Crippen MR) is 95.4 cm³/mol. The molecule has 0 radical (unpaired) electrons. The Morgan fingerprint density at radius 1 is 1.08 bits per heavy atom. The molecule has 0 aromatic carbocycles. The second-order valence-corrected chi connectivity index (χ2v) is 7.32. The molecule has 5 rings (SSSR count). The molecular formula is C18H23N7. The van der Waals surface area contributed by atoms with Gasteiger partial charge in [-0.3, -0.25) is 0 Å². The normalized spacial score (nSPS) is 21.6. The third kappa shape index (κ3) is 2.67. The van der Waals surface area contributed by atoms with Gasteiger partial charge in [-0.2, -0.15) is 0 Å². The quantitative estimate of drug-likeness (QED) is 0.792. The summed E-state index contributed by atoms with van der Waals surface area (Å²) < 4.78 is 2.39. The third-order valence-electron chi connectivity index (χ3n) is 5.72. The van der Waals surface area contributed by atoms with Gasteiger partial charge in [0.2, 0.25) is 0 Å². The van der Waals surface area contributed by atoms with Crippen molar-refractivity contribution in [3.05, 3.63) is 30.9 Å². The van der Waals surface area contributed by atoms with Crippen LogP contribution in [0.2, 0.25) is 0 Å². The van der Waals surface area contributed by atoms with Crippen LogP contribution in [0.25, 0.3) is 11.2 Å². The molecule has 1 aliphatic heterocycles. The lowest BCUT2D eigenvalue weighted by Gasteiger charge is -2.34. The monoisotopic (exact) mass is 337 g/mol. The Balaban J connectivity index is 1.39. The van der Waals surface area contributed by atoms with Crippen molar-refractivity contribution in [3.8, 4) is 0 Å². The summed E-state index contributed by atoms with van der Waals surface area (Å²) >= 11 is 0. The van der Waals surface area contributed by atoms with Crippen molar-refractivity contribution in [2.24, 2.45) is 5.92 Å². The Morgan fingerprint density at radius 3 is 2.92 bits per heavy atom. The van der Waals surface area contributed by atoms with Gasteiger partial charge in [-0.25, -0.2) is 19.9 Å². The highest BCUT2D eigenvalue weighted by atomic mass is 15.2. The topological polar surface area (TPSA) is 75.5 Å². The van der Waals surface area contributed by atoms with E-state index in [0.717, 1.165) is 49.0 Å². The minimum Gasteiger partial charge on any atom is -0.354 e. The van der Waals surface area contributed by atoms with Gasteiger partial charge in [-0.05, 0) is 31.6 Å². The van der Waals surface area contributed by atoms with Gasteiger partial charge in [-0.15, -0.1) is 0 Å². The van der Waals surface area contributed by atoms with E-state index in [0.29, 0.717) is 5.92 Å². The number of H-pyrrole nitrogens is 1. The van der Waals surface area contributed by atoms with E-state index >= 15 is 0 Å². The molecule has 0 bridgehead atoms. The molecule has 1 saturated heterocycles. The molecule has 1 atom stereocenters. The Hall–Kier alpha value is -2.44. The minimum absolute atomic E-state index is 0.455. The molecule has 1 N–H and O–H groups in total. The number of rotatable bonds is 4. The van der Waals surface area contributed by atoms with Crippen molar-refractivity contribution in [2.45, 2.75) is 44.6 Å². The number of nitrogens with zero attached hydrogens (tertiary/aromatic N) is 6. The average Bonchev–Trinajstić information content (AvgIpc) is 3.27. The van der Waals surface area contributed by atoms with Crippen molar-refractivity contribution in [1.29, 1.82) is 0 Å². The molecule has 1 saturated carbocycles. The number of nitrogens with one attached hydrogen (secondary N) is 1. The van der Waals surface area contributed by atoms with Crippen molar-refractivity contribution < 1.29 is 0 Å². The smallest absolute Gasteiger partial charge is 0.182 e. The SMILES string of the molecule is c1cn(CC2CCC2)c([C@H]2CCCN(c3ncnc4nc[nH]c34)C2)n1. The van der Waals surface area contributed by atoms with Gasteiger partial charge >= 0.3 is 0 Å². The first-order valence-corrected chi connectivity index (χ1v) is 9.28. The maximum Gasteiger partial charge on any atom is 0.182 e. The number of imidazole rings is 2. The highest BCUT2D eigenvalue weighted by molar-refractivity contribution is 5.82. The number of anilines is 1. The number of fused-ring (bicyclic) bond motifs is 1. The molecule has 4 heterocycles. The highest BCUT2D eigenvalue weighted by Crippen LogP contribution is 2.33. The van der Waals surface area contributed by atoms with E-state index in [9.17, 15) is 0 Å². The molecule has 2 aliphatic rings. The molecular weight excluding hydrogens is 314 g/mol. The molecule has 0 spiro atoms. The molecule has 130 valence electrons. The molecule has 25 heavy (non-hydrogen) atoms. The fraction of sp³-hybridized carbons (Fsp3) is 0.556. The third-order valence-corrected chi connectivity index (χ3v) is 5.72. The first-order chi connectivity index (χ1) is 12.4. The van der Waals surface area contributed by atoms with Gasteiger partial charge in [0, 0.05) is 37.9 Å². The minimum atomic E-state index is 0.455. The summed E-state index contributed by atoms with van der Waals surface area (Å²) in [5.74, 6) is 3.51. The Kier molecular flexibility index (Phi) is 3.64. The molecule has 3 aromatic heterocycles. The van der Waals surface area contributed by atoms with Crippen LogP contribution in [-0.2, 0) is 6.54 Å². The number of hydrogen-bond donors (Lipinski definition) is 1. The summed E-state index contributed by atoms with van der Waals surface area (Å²) in [5, 5.41) is 0. The number of aromatic nitrogens is 6. The summed E-state index contributed by atoms with van der Waals surface area (Å²) in [7, 11) is 0. The van der Waals surface area contributed by atoms with Crippen molar-refractivity contribution in [1.82, 2.24) is 29.5 Å². The zero-order valence-electron chi connectivity index (χ0n) is 14.3. The maximum absolute atomic E-state index is 4.72. The average molecular weight is 337 g/mol. The van der Waals surface area contributed by atoms with Crippen LogP contribution in [-0.4, -0.2) is 42.6 Å². The van der Waals surface area contributed by atoms with Crippen molar-refractivity contribution in [3.63, 3.8) is 0 Å². The molecule has 3 aromatic rings. The van der Waals surface area contributed by atoms with E-state index in [-0.39, 0.29) is 0 Å². The van der Waals surface area contributed by atoms with E-state index in [1.165, 1.54) is 31.5 Å². The summed E-state index contributed by atoms with van der Waals surface area (Å²) in [6.45, 7) is 3.10. The van der Waals surface area contributed by atoms with Crippen LogP contribution >= 0.6 is 0 Å². The van der Waals surface area contributed by atoms with Gasteiger partial charge in [0.1, 0.15) is 17.7 Å². The van der Waals surface area contributed by atoms with Crippen LogP contribution in [0.15, 0.2) is 25.0 Å².